The number of benzene rings is 2. The molecule has 0 aliphatic rings. The van der Waals surface area contributed by atoms with Crippen LogP contribution in [0.2, 0.25) is 0 Å². The monoisotopic (exact) mass is 387 g/mol. The first-order valence-corrected chi connectivity index (χ1v) is 6.90. The van der Waals surface area contributed by atoms with Crippen LogP contribution in [-0.2, 0) is 0 Å². The fraction of sp³-hybridized carbons (Fsp3) is 0.133. The molecule has 0 spiro atoms. The van der Waals surface area contributed by atoms with Crippen molar-refractivity contribution in [2.45, 2.75) is 6.36 Å². The van der Waals surface area contributed by atoms with Crippen molar-refractivity contribution in [2.24, 2.45) is 0 Å². The lowest BCUT2D eigenvalue weighted by molar-refractivity contribution is -0.274. The first-order chi connectivity index (χ1) is 10.7. The summed E-state index contributed by atoms with van der Waals surface area (Å²) in [5.74, 6) is -0.598. The lowest BCUT2D eigenvalue weighted by Gasteiger charge is -2.13. The molecule has 23 heavy (non-hydrogen) atoms. The zero-order valence-electron chi connectivity index (χ0n) is 11.6. The molecule has 0 unspecified atom stereocenters. The molecule has 2 aromatic rings. The van der Waals surface area contributed by atoms with Crippen LogP contribution in [0, 0.1) is 11.3 Å². The molecule has 4 nitrogen and oxygen atoms in total. The lowest BCUT2D eigenvalue weighted by atomic mass is 10.0. The predicted molar refractivity (Wildman–Crippen MR) is 79.2 cm³/mol. The van der Waals surface area contributed by atoms with Gasteiger partial charge in [-0.15, -0.1) is 13.2 Å². The Balaban J connectivity index is 2.62. The molecule has 0 heterocycles. The Morgan fingerprint density at radius 3 is 2.35 bits per heavy atom. The number of hydrogen-bond acceptors (Lipinski definition) is 4. The van der Waals surface area contributed by atoms with E-state index in [0.29, 0.717) is 0 Å². The maximum Gasteiger partial charge on any atom is 0.573 e. The van der Waals surface area contributed by atoms with Gasteiger partial charge in [-0.25, -0.2) is 0 Å². The van der Waals surface area contributed by atoms with Crippen molar-refractivity contribution in [3.05, 3.63) is 40.4 Å². The number of halogens is 4. The minimum atomic E-state index is -4.86. The first-order valence-electron chi connectivity index (χ1n) is 6.11. The van der Waals surface area contributed by atoms with Crippen LogP contribution in [0.4, 0.5) is 13.2 Å². The Labute approximate surface area is 137 Å². The van der Waals surface area contributed by atoms with Crippen LogP contribution >= 0.6 is 15.9 Å². The molecule has 0 atom stereocenters. The van der Waals surface area contributed by atoms with Crippen LogP contribution in [0.3, 0.4) is 0 Å². The van der Waals surface area contributed by atoms with Crippen molar-refractivity contribution in [3.8, 4) is 34.4 Å². The summed E-state index contributed by atoms with van der Waals surface area (Å²) in [5.41, 5.74) is 0.603. The molecule has 0 aliphatic heterocycles. The number of phenolic OH excluding ortho intramolecular Hbond substituents is 1. The van der Waals surface area contributed by atoms with Gasteiger partial charge in [0.2, 0.25) is 0 Å². The SMILES string of the molecule is COc1cc(OC(F)(F)F)cc(-c2cc(C#N)cc(Br)c2O)c1. The topological polar surface area (TPSA) is 62.5 Å². The molecule has 2 rings (SSSR count). The van der Waals surface area contributed by atoms with Crippen molar-refractivity contribution >= 4 is 15.9 Å². The van der Waals surface area contributed by atoms with Gasteiger partial charge in [0.25, 0.3) is 0 Å². The van der Waals surface area contributed by atoms with Gasteiger partial charge < -0.3 is 14.6 Å². The smallest absolute Gasteiger partial charge is 0.506 e. The maximum absolute atomic E-state index is 12.4. The number of methoxy groups -OCH3 is 1. The fourth-order valence-corrected chi connectivity index (χ4v) is 2.38. The van der Waals surface area contributed by atoms with E-state index in [1.54, 1.807) is 0 Å². The van der Waals surface area contributed by atoms with E-state index in [1.807, 2.05) is 6.07 Å². The quantitative estimate of drug-likeness (QED) is 0.835. The summed E-state index contributed by atoms with van der Waals surface area (Å²) < 4.78 is 46.3. The van der Waals surface area contributed by atoms with Crippen LogP contribution in [-0.4, -0.2) is 18.6 Å². The van der Waals surface area contributed by atoms with E-state index in [-0.39, 0.29) is 32.7 Å². The average molecular weight is 388 g/mol. The second-order valence-corrected chi connectivity index (χ2v) is 5.27. The Hall–Kier alpha value is -2.40. The van der Waals surface area contributed by atoms with Gasteiger partial charge in [-0.1, -0.05) is 0 Å². The second-order valence-electron chi connectivity index (χ2n) is 4.41. The number of aromatic hydroxyl groups is 1. The van der Waals surface area contributed by atoms with Gasteiger partial charge in [-0.2, -0.15) is 5.26 Å². The minimum Gasteiger partial charge on any atom is -0.506 e. The van der Waals surface area contributed by atoms with Gasteiger partial charge in [0.05, 0.1) is 23.2 Å². The molecule has 2 aromatic carbocycles. The summed E-state index contributed by atoms with van der Waals surface area (Å²) >= 11 is 3.09. The third-order valence-electron chi connectivity index (χ3n) is 2.85. The molecule has 0 saturated heterocycles. The largest absolute Gasteiger partial charge is 0.573 e. The van der Waals surface area contributed by atoms with Gasteiger partial charge >= 0.3 is 6.36 Å². The summed E-state index contributed by atoms with van der Waals surface area (Å²) in [4.78, 5) is 0. The number of nitriles is 1. The van der Waals surface area contributed by atoms with E-state index in [4.69, 9.17) is 10.00 Å². The van der Waals surface area contributed by atoms with Gasteiger partial charge in [-0.05, 0) is 45.8 Å². The molecule has 120 valence electrons. The van der Waals surface area contributed by atoms with Crippen molar-refractivity contribution in [1.29, 1.82) is 5.26 Å². The van der Waals surface area contributed by atoms with Crippen LogP contribution in [0.15, 0.2) is 34.8 Å². The third kappa shape index (κ3) is 4.07. The molecular weight excluding hydrogens is 379 g/mol. The molecule has 1 N–H and O–H groups in total. The summed E-state index contributed by atoms with van der Waals surface area (Å²) in [7, 11) is 1.29. The Kier molecular flexibility index (Phi) is 4.71. The van der Waals surface area contributed by atoms with Crippen LogP contribution in [0.1, 0.15) is 5.56 Å². The van der Waals surface area contributed by atoms with Crippen LogP contribution in [0.5, 0.6) is 17.2 Å². The molecular formula is C15H9BrF3NO3. The number of rotatable bonds is 3. The highest BCUT2D eigenvalue weighted by atomic mass is 79.9. The average Bonchev–Trinajstić information content (AvgIpc) is 2.47. The molecule has 8 heteroatoms. The fourth-order valence-electron chi connectivity index (χ4n) is 1.92. The van der Waals surface area contributed by atoms with E-state index in [1.165, 1.54) is 25.3 Å². The van der Waals surface area contributed by atoms with E-state index >= 15 is 0 Å². The predicted octanol–water partition coefficient (Wildman–Crippen LogP) is 4.60. The van der Waals surface area contributed by atoms with Gasteiger partial charge in [0.1, 0.15) is 17.2 Å². The first kappa shape index (κ1) is 17.0. The van der Waals surface area contributed by atoms with E-state index in [0.717, 1.165) is 12.1 Å². The van der Waals surface area contributed by atoms with E-state index < -0.39 is 12.1 Å². The van der Waals surface area contributed by atoms with Crippen molar-refractivity contribution < 1.29 is 27.8 Å². The van der Waals surface area contributed by atoms with Gasteiger partial charge in [-0.3, -0.25) is 0 Å². The summed E-state index contributed by atoms with van der Waals surface area (Å²) in [6, 6.07) is 8.24. The Morgan fingerprint density at radius 2 is 1.78 bits per heavy atom. The number of nitrogens with zero attached hydrogens (tertiary/aromatic N) is 1. The van der Waals surface area contributed by atoms with Crippen LogP contribution in [0.25, 0.3) is 11.1 Å². The molecule has 0 aromatic heterocycles. The Morgan fingerprint density at radius 1 is 1.13 bits per heavy atom. The highest BCUT2D eigenvalue weighted by Crippen LogP contribution is 2.40. The molecule has 0 aliphatic carbocycles. The molecule has 0 fully saturated rings. The van der Waals surface area contributed by atoms with Crippen molar-refractivity contribution in [2.75, 3.05) is 7.11 Å². The van der Waals surface area contributed by atoms with E-state index in [2.05, 4.69) is 20.7 Å². The third-order valence-corrected chi connectivity index (χ3v) is 3.46. The molecule has 0 saturated carbocycles. The number of alkyl halides is 3. The Bertz CT molecular complexity index is 785. The number of ether oxygens (including phenoxy) is 2. The van der Waals surface area contributed by atoms with E-state index in [9.17, 15) is 18.3 Å². The minimum absolute atomic E-state index is 0.111. The molecule has 0 radical (unpaired) electrons. The maximum atomic E-state index is 12.4. The van der Waals surface area contributed by atoms with Crippen molar-refractivity contribution in [3.63, 3.8) is 0 Å². The summed E-state index contributed by atoms with van der Waals surface area (Å²) in [6.07, 6.45) is -4.86. The summed E-state index contributed by atoms with van der Waals surface area (Å²) in [5, 5.41) is 19.1. The second kappa shape index (κ2) is 6.38. The van der Waals surface area contributed by atoms with Crippen LogP contribution < -0.4 is 9.47 Å². The highest BCUT2D eigenvalue weighted by Gasteiger charge is 2.31. The summed E-state index contributed by atoms with van der Waals surface area (Å²) in [6.45, 7) is 0. The van der Waals surface area contributed by atoms with Gasteiger partial charge in [0, 0.05) is 11.6 Å². The molecule has 0 bridgehead atoms. The lowest BCUT2D eigenvalue weighted by Crippen LogP contribution is -2.17. The molecule has 0 amide bonds. The highest BCUT2D eigenvalue weighted by molar-refractivity contribution is 9.10. The van der Waals surface area contributed by atoms with Crippen molar-refractivity contribution in [1.82, 2.24) is 0 Å². The van der Waals surface area contributed by atoms with Gasteiger partial charge in [0.15, 0.2) is 0 Å². The number of phenols is 1. The zero-order valence-corrected chi connectivity index (χ0v) is 13.2. The standard InChI is InChI=1S/C15H9BrF3NO3/c1-22-10-4-9(5-11(6-10)23-15(17,18)19)12-2-8(7-20)3-13(16)14(12)21/h2-6,21H,1H3. The normalized spacial score (nSPS) is 11.0. The number of hydrogen-bond donors (Lipinski definition) is 1. The zero-order chi connectivity index (χ0) is 17.2.